The van der Waals surface area contributed by atoms with Crippen molar-refractivity contribution < 1.29 is 9.47 Å². The number of hydrogen-bond acceptors (Lipinski definition) is 4. The Morgan fingerprint density at radius 3 is 2.89 bits per heavy atom. The molecule has 1 aliphatic rings. The minimum Gasteiger partial charge on any atom is -0.454 e. The van der Waals surface area contributed by atoms with E-state index in [0.29, 0.717) is 6.79 Å². The highest BCUT2D eigenvalue weighted by atomic mass is 32.1. The van der Waals surface area contributed by atoms with Crippen LogP contribution in [0.2, 0.25) is 0 Å². The summed E-state index contributed by atoms with van der Waals surface area (Å²) in [6, 6.07) is 6.08. The third kappa shape index (κ3) is 2.35. The fourth-order valence-corrected chi connectivity index (χ4v) is 2.82. The van der Waals surface area contributed by atoms with Gasteiger partial charge >= 0.3 is 0 Å². The number of hydrogen-bond donors (Lipinski definition) is 1. The molecule has 0 aliphatic carbocycles. The molecule has 0 saturated carbocycles. The molecule has 0 amide bonds. The number of fused-ring (bicyclic) bond motifs is 1. The maximum atomic E-state index is 5.36. The molecule has 2 heterocycles. The fraction of sp³-hybridized carbons (Fsp3) is 0.286. The second kappa shape index (κ2) is 5.00. The highest BCUT2D eigenvalue weighted by Gasteiger charge is 2.12. The predicted octanol–water partition coefficient (Wildman–Crippen LogP) is 3.08. The molecular weight excluding hydrogens is 246 g/mol. The Morgan fingerprint density at radius 2 is 2.06 bits per heavy atom. The van der Waals surface area contributed by atoms with Gasteiger partial charge in [-0.2, -0.15) is 11.3 Å². The van der Waals surface area contributed by atoms with Crippen molar-refractivity contribution in [3.63, 3.8) is 0 Å². The lowest BCUT2D eigenvalue weighted by atomic mass is 10.2. The molecule has 2 aromatic rings. The average Bonchev–Trinajstić information content (AvgIpc) is 2.98. The van der Waals surface area contributed by atoms with Crippen LogP contribution in [0.4, 0.5) is 0 Å². The monoisotopic (exact) mass is 261 g/mol. The first-order valence-corrected chi connectivity index (χ1v) is 6.88. The highest BCUT2D eigenvalue weighted by molar-refractivity contribution is 7.08. The van der Waals surface area contributed by atoms with E-state index in [-0.39, 0.29) is 0 Å². The Morgan fingerprint density at radius 1 is 1.17 bits per heavy atom. The maximum Gasteiger partial charge on any atom is 0.231 e. The smallest absolute Gasteiger partial charge is 0.231 e. The number of thiophene rings is 1. The lowest BCUT2D eigenvalue weighted by molar-refractivity contribution is 0.174. The van der Waals surface area contributed by atoms with Crippen molar-refractivity contribution in [3.05, 3.63) is 45.6 Å². The summed E-state index contributed by atoms with van der Waals surface area (Å²) < 4.78 is 10.7. The second-order valence-electron chi connectivity index (χ2n) is 4.37. The van der Waals surface area contributed by atoms with Gasteiger partial charge in [0, 0.05) is 13.1 Å². The van der Waals surface area contributed by atoms with Gasteiger partial charge in [-0.25, -0.2) is 0 Å². The molecule has 0 radical (unpaired) electrons. The zero-order chi connectivity index (χ0) is 12.4. The standard InChI is InChI=1S/C14H15NO2S/c1-10-7-18-8-12(10)6-15-5-11-2-3-13-14(4-11)17-9-16-13/h2-4,7-8,15H,5-6,9H2,1H3. The summed E-state index contributed by atoms with van der Waals surface area (Å²) in [5.41, 5.74) is 3.95. The summed E-state index contributed by atoms with van der Waals surface area (Å²) in [6.07, 6.45) is 0. The van der Waals surface area contributed by atoms with Gasteiger partial charge in [0.25, 0.3) is 0 Å². The molecule has 0 unspecified atom stereocenters. The van der Waals surface area contributed by atoms with Gasteiger partial charge in [0.1, 0.15) is 0 Å². The molecule has 3 nitrogen and oxygen atoms in total. The summed E-state index contributed by atoms with van der Waals surface area (Å²) in [6.45, 7) is 4.23. The fourth-order valence-electron chi connectivity index (χ4n) is 1.96. The van der Waals surface area contributed by atoms with Crippen LogP contribution < -0.4 is 14.8 Å². The van der Waals surface area contributed by atoms with Crippen LogP contribution in [0.15, 0.2) is 29.0 Å². The normalized spacial score (nSPS) is 12.9. The topological polar surface area (TPSA) is 30.5 Å². The van der Waals surface area contributed by atoms with E-state index in [9.17, 15) is 0 Å². The van der Waals surface area contributed by atoms with E-state index in [4.69, 9.17) is 9.47 Å². The maximum absolute atomic E-state index is 5.36. The molecule has 0 saturated heterocycles. The van der Waals surface area contributed by atoms with Crippen molar-refractivity contribution in [3.8, 4) is 11.5 Å². The third-order valence-electron chi connectivity index (χ3n) is 3.04. The van der Waals surface area contributed by atoms with Crippen LogP contribution in [0.25, 0.3) is 0 Å². The number of ether oxygens (including phenoxy) is 2. The zero-order valence-electron chi connectivity index (χ0n) is 10.2. The van der Waals surface area contributed by atoms with Gasteiger partial charge in [-0.05, 0) is 46.5 Å². The lowest BCUT2D eigenvalue weighted by Crippen LogP contribution is -2.12. The van der Waals surface area contributed by atoms with Crippen molar-refractivity contribution in [2.45, 2.75) is 20.0 Å². The summed E-state index contributed by atoms with van der Waals surface area (Å²) >= 11 is 1.75. The predicted molar refractivity (Wildman–Crippen MR) is 72.2 cm³/mol. The SMILES string of the molecule is Cc1cscc1CNCc1ccc2c(c1)OCO2. The zero-order valence-corrected chi connectivity index (χ0v) is 11.0. The molecule has 1 aromatic heterocycles. The van der Waals surface area contributed by atoms with Crippen molar-refractivity contribution in [1.82, 2.24) is 5.32 Å². The Bertz CT molecular complexity index is 550. The van der Waals surface area contributed by atoms with Crippen molar-refractivity contribution >= 4 is 11.3 Å². The molecule has 4 heteroatoms. The molecule has 0 bridgehead atoms. The quantitative estimate of drug-likeness (QED) is 0.917. The number of aryl methyl sites for hydroxylation is 1. The van der Waals surface area contributed by atoms with Crippen molar-refractivity contribution in [2.75, 3.05) is 6.79 Å². The van der Waals surface area contributed by atoms with Crippen LogP contribution in [0, 0.1) is 6.92 Å². The Kier molecular flexibility index (Phi) is 3.21. The molecule has 1 aliphatic heterocycles. The second-order valence-corrected chi connectivity index (χ2v) is 5.11. The summed E-state index contributed by atoms with van der Waals surface area (Å²) in [5.74, 6) is 1.69. The van der Waals surface area contributed by atoms with Crippen LogP contribution in [0.1, 0.15) is 16.7 Å². The highest BCUT2D eigenvalue weighted by Crippen LogP contribution is 2.32. The minimum atomic E-state index is 0.334. The number of rotatable bonds is 4. The molecule has 1 aromatic carbocycles. The van der Waals surface area contributed by atoms with E-state index in [1.54, 1.807) is 11.3 Å². The minimum absolute atomic E-state index is 0.334. The average molecular weight is 261 g/mol. The van der Waals surface area contributed by atoms with Crippen LogP contribution in [-0.2, 0) is 13.1 Å². The van der Waals surface area contributed by atoms with E-state index in [1.165, 1.54) is 16.7 Å². The molecule has 3 rings (SSSR count). The van der Waals surface area contributed by atoms with Gasteiger partial charge in [-0.15, -0.1) is 0 Å². The van der Waals surface area contributed by atoms with Gasteiger partial charge in [-0.1, -0.05) is 6.07 Å². The van der Waals surface area contributed by atoms with Gasteiger partial charge in [0.05, 0.1) is 0 Å². The van der Waals surface area contributed by atoms with Crippen LogP contribution in [0.5, 0.6) is 11.5 Å². The summed E-state index contributed by atoms with van der Waals surface area (Å²) in [5, 5.41) is 7.82. The van der Waals surface area contributed by atoms with E-state index in [1.807, 2.05) is 12.1 Å². The molecule has 0 atom stereocenters. The molecule has 94 valence electrons. The molecular formula is C14H15NO2S. The van der Waals surface area contributed by atoms with E-state index in [0.717, 1.165) is 24.6 Å². The van der Waals surface area contributed by atoms with Crippen LogP contribution in [0.3, 0.4) is 0 Å². The van der Waals surface area contributed by atoms with E-state index in [2.05, 4.69) is 29.1 Å². The molecule has 0 fully saturated rings. The molecule has 0 spiro atoms. The first-order valence-electron chi connectivity index (χ1n) is 5.94. The first-order chi connectivity index (χ1) is 8.83. The van der Waals surface area contributed by atoms with Crippen LogP contribution in [-0.4, -0.2) is 6.79 Å². The number of nitrogens with one attached hydrogen (secondary N) is 1. The largest absolute Gasteiger partial charge is 0.454 e. The van der Waals surface area contributed by atoms with Gasteiger partial charge < -0.3 is 14.8 Å². The van der Waals surface area contributed by atoms with Crippen LogP contribution >= 0.6 is 11.3 Å². The van der Waals surface area contributed by atoms with E-state index >= 15 is 0 Å². The van der Waals surface area contributed by atoms with Gasteiger partial charge in [-0.3, -0.25) is 0 Å². The Hall–Kier alpha value is -1.52. The van der Waals surface area contributed by atoms with Crippen molar-refractivity contribution in [1.29, 1.82) is 0 Å². The first kappa shape index (κ1) is 11.6. The molecule has 18 heavy (non-hydrogen) atoms. The van der Waals surface area contributed by atoms with Gasteiger partial charge in [0.2, 0.25) is 6.79 Å². The third-order valence-corrected chi connectivity index (χ3v) is 3.95. The summed E-state index contributed by atoms with van der Waals surface area (Å²) in [4.78, 5) is 0. The Labute approximate surface area is 110 Å². The Balaban J connectivity index is 1.59. The summed E-state index contributed by atoms with van der Waals surface area (Å²) in [7, 11) is 0. The van der Waals surface area contributed by atoms with Gasteiger partial charge in [0.15, 0.2) is 11.5 Å². The lowest BCUT2D eigenvalue weighted by Gasteiger charge is -2.05. The van der Waals surface area contributed by atoms with Crippen molar-refractivity contribution in [2.24, 2.45) is 0 Å². The number of benzene rings is 1. The molecule has 1 N–H and O–H groups in total. The van der Waals surface area contributed by atoms with E-state index < -0.39 is 0 Å².